The molecule has 1 amide bonds. The Morgan fingerprint density at radius 2 is 1.78 bits per heavy atom. The van der Waals surface area contributed by atoms with Gasteiger partial charge in [-0.2, -0.15) is 0 Å². The van der Waals surface area contributed by atoms with E-state index >= 15 is 0 Å². The maximum absolute atomic E-state index is 12.6. The number of hydrogen-bond acceptors (Lipinski definition) is 4. The van der Waals surface area contributed by atoms with Gasteiger partial charge in [0.1, 0.15) is 12.4 Å². The zero-order chi connectivity index (χ0) is 19.2. The van der Waals surface area contributed by atoms with E-state index in [0.717, 1.165) is 9.13 Å². The molecule has 0 aromatic heterocycles. The van der Waals surface area contributed by atoms with Crippen LogP contribution in [0, 0.1) is 3.57 Å². The standard InChI is InChI=1S/C21H18INO4/c1-26-20-18(22)11-15(21(25)23-16-7-9-17(24)10-8-16)12-19(20)27-13-14-5-3-2-4-6-14/h2-12,24H,13H2,1H3,(H,23,25). The van der Waals surface area contributed by atoms with Crippen LogP contribution < -0.4 is 14.8 Å². The van der Waals surface area contributed by atoms with Gasteiger partial charge in [0.15, 0.2) is 11.5 Å². The Kier molecular flexibility index (Phi) is 6.18. The van der Waals surface area contributed by atoms with Crippen molar-refractivity contribution in [2.75, 3.05) is 12.4 Å². The molecule has 5 nitrogen and oxygen atoms in total. The molecule has 3 rings (SSSR count). The van der Waals surface area contributed by atoms with Gasteiger partial charge >= 0.3 is 0 Å². The largest absolute Gasteiger partial charge is 0.508 e. The minimum absolute atomic E-state index is 0.142. The third-order valence-electron chi connectivity index (χ3n) is 3.84. The Hall–Kier alpha value is -2.74. The number of anilines is 1. The highest BCUT2D eigenvalue weighted by Gasteiger charge is 2.16. The third kappa shape index (κ3) is 4.91. The van der Waals surface area contributed by atoms with E-state index in [4.69, 9.17) is 9.47 Å². The minimum Gasteiger partial charge on any atom is -0.508 e. The molecule has 0 saturated carbocycles. The first kappa shape index (κ1) is 19.0. The van der Waals surface area contributed by atoms with Gasteiger partial charge in [-0.15, -0.1) is 0 Å². The van der Waals surface area contributed by atoms with Crippen molar-refractivity contribution in [3.05, 3.63) is 81.4 Å². The van der Waals surface area contributed by atoms with Gasteiger partial charge in [-0.3, -0.25) is 4.79 Å². The maximum Gasteiger partial charge on any atom is 0.255 e. The summed E-state index contributed by atoms with van der Waals surface area (Å²) >= 11 is 2.12. The van der Waals surface area contributed by atoms with Crippen molar-refractivity contribution in [3.63, 3.8) is 0 Å². The van der Waals surface area contributed by atoms with Crippen LogP contribution in [0.4, 0.5) is 5.69 Å². The average molecular weight is 475 g/mol. The van der Waals surface area contributed by atoms with Crippen LogP contribution in [0.1, 0.15) is 15.9 Å². The van der Waals surface area contributed by atoms with Gasteiger partial charge in [-0.25, -0.2) is 0 Å². The normalized spacial score (nSPS) is 10.3. The summed E-state index contributed by atoms with van der Waals surface area (Å²) in [6, 6.07) is 19.5. The summed E-state index contributed by atoms with van der Waals surface area (Å²) in [6.45, 7) is 0.371. The molecule has 0 heterocycles. The Balaban J connectivity index is 1.82. The number of nitrogens with one attached hydrogen (secondary N) is 1. The lowest BCUT2D eigenvalue weighted by Crippen LogP contribution is -2.13. The highest BCUT2D eigenvalue weighted by atomic mass is 127. The molecule has 0 atom stereocenters. The fourth-order valence-corrected chi connectivity index (χ4v) is 3.31. The number of halogens is 1. The lowest BCUT2D eigenvalue weighted by Gasteiger charge is -2.14. The number of benzene rings is 3. The molecule has 0 aliphatic rings. The second kappa shape index (κ2) is 8.77. The van der Waals surface area contributed by atoms with Crippen LogP contribution in [0.3, 0.4) is 0 Å². The summed E-state index contributed by atoms with van der Waals surface area (Å²) in [6.07, 6.45) is 0. The third-order valence-corrected chi connectivity index (χ3v) is 4.64. The first-order valence-electron chi connectivity index (χ1n) is 8.21. The lowest BCUT2D eigenvalue weighted by molar-refractivity contribution is 0.102. The Morgan fingerprint density at radius 3 is 2.44 bits per heavy atom. The van der Waals surface area contributed by atoms with Gasteiger partial charge in [0.2, 0.25) is 0 Å². The van der Waals surface area contributed by atoms with Crippen molar-refractivity contribution in [2.45, 2.75) is 6.61 Å². The van der Waals surface area contributed by atoms with Crippen LogP contribution in [0.2, 0.25) is 0 Å². The number of methoxy groups -OCH3 is 1. The average Bonchev–Trinajstić information content (AvgIpc) is 2.68. The molecule has 27 heavy (non-hydrogen) atoms. The highest BCUT2D eigenvalue weighted by Crippen LogP contribution is 2.34. The number of amides is 1. The number of aromatic hydroxyl groups is 1. The Bertz CT molecular complexity index is 927. The van der Waals surface area contributed by atoms with E-state index in [2.05, 4.69) is 27.9 Å². The molecule has 0 saturated heterocycles. The van der Waals surface area contributed by atoms with E-state index in [1.54, 1.807) is 31.4 Å². The monoisotopic (exact) mass is 475 g/mol. The number of hydrogen-bond donors (Lipinski definition) is 2. The molecule has 3 aromatic carbocycles. The second-order valence-corrected chi connectivity index (χ2v) is 6.93. The van der Waals surface area contributed by atoms with Gasteiger partial charge in [-0.05, 0) is 64.6 Å². The van der Waals surface area contributed by atoms with Crippen LogP contribution in [-0.2, 0) is 6.61 Å². The second-order valence-electron chi connectivity index (χ2n) is 5.76. The van der Waals surface area contributed by atoms with E-state index in [1.165, 1.54) is 12.1 Å². The smallest absolute Gasteiger partial charge is 0.255 e. The number of rotatable bonds is 6. The van der Waals surface area contributed by atoms with Crippen LogP contribution in [0.25, 0.3) is 0 Å². The molecule has 6 heteroatoms. The van der Waals surface area contributed by atoms with Crippen molar-refractivity contribution in [1.29, 1.82) is 0 Å². The molecule has 138 valence electrons. The van der Waals surface area contributed by atoms with Crippen molar-refractivity contribution >= 4 is 34.2 Å². The molecule has 0 fully saturated rings. The van der Waals surface area contributed by atoms with E-state index in [1.807, 2.05) is 30.3 Å². The molecule has 0 aliphatic carbocycles. The van der Waals surface area contributed by atoms with E-state index in [0.29, 0.717) is 29.4 Å². The fourth-order valence-electron chi connectivity index (χ4n) is 2.49. The number of ether oxygens (including phenoxy) is 2. The molecular formula is C21H18INO4. The summed E-state index contributed by atoms with van der Waals surface area (Å²) in [5.74, 6) is 0.964. The Labute approximate surface area is 171 Å². The van der Waals surface area contributed by atoms with E-state index in [-0.39, 0.29) is 11.7 Å². The first-order valence-corrected chi connectivity index (χ1v) is 9.29. The number of carbonyl (C=O) groups is 1. The van der Waals surface area contributed by atoms with Crippen molar-refractivity contribution in [2.24, 2.45) is 0 Å². The summed E-state index contributed by atoms with van der Waals surface area (Å²) in [5.41, 5.74) is 2.07. The van der Waals surface area contributed by atoms with Crippen molar-refractivity contribution in [3.8, 4) is 17.2 Å². The molecule has 2 N–H and O–H groups in total. The van der Waals surface area contributed by atoms with Crippen LogP contribution in [0.5, 0.6) is 17.2 Å². The summed E-state index contributed by atoms with van der Waals surface area (Å²) in [4.78, 5) is 12.6. The molecule has 0 aliphatic heterocycles. The zero-order valence-corrected chi connectivity index (χ0v) is 16.8. The van der Waals surface area contributed by atoms with Crippen molar-refractivity contribution in [1.82, 2.24) is 0 Å². The number of phenolic OH excluding ortho intramolecular Hbond substituents is 1. The van der Waals surface area contributed by atoms with Crippen LogP contribution >= 0.6 is 22.6 Å². The van der Waals surface area contributed by atoms with E-state index in [9.17, 15) is 9.90 Å². The van der Waals surface area contributed by atoms with Crippen LogP contribution in [-0.4, -0.2) is 18.1 Å². The fraction of sp³-hybridized carbons (Fsp3) is 0.0952. The molecule has 0 bridgehead atoms. The topological polar surface area (TPSA) is 67.8 Å². The lowest BCUT2D eigenvalue weighted by atomic mass is 10.1. The number of carbonyl (C=O) groups excluding carboxylic acids is 1. The van der Waals surface area contributed by atoms with Gasteiger partial charge in [0, 0.05) is 11.3 Å². The SMILES string of the molecule is COc1c(I)cc(C(=O)Nc2ccc(O)cc2)cc1OCc1ccccc1. The first-order chi connectivity index (χ1) is 13.1. The van der Waals surface area contributed by atoms with Gasteiger partial charge in [-0.1, -0.05) is 30.3 Å². The zero-order valence-electron chi connectivity index (χ0n) is 14.6. The molecule has 3 aromatic rings. The molecule has 0 radical (unpaired) electrons. The summed E-state index contributed by atoms with van der Waals surface area (Å²) in [7, 11) is 1.57. The van der Waals surface area contributed by atoms with Crippen molar-refractivity contribution < 1.29 is 19.4 Å². The minimum atomic E-state index is -0.272. The predicted octanol–water partition coefficient (Wildman–Crippen LogP) is 4.84. The Morgan fingerprint density at radius 1 is 1.07 bits per heavy atom. The molecule has 0 unspecified atom stereocenters. The highest BCUT2D eigenvalue weighted by molar-refractivity contribution is 14.1. The quantitative estimate of drug-likeness (QED) is 0.396. The maximum atomic E-state index is 12.6. The van der Waals surface area contributed by atoms with Gasteiger partial charge < -0.3 is 19.9 Å². The van der Waals surface area contributed by atoms with E-state index < -0.39 is 0 Å². The summed E-state index contributed by atoms with van der Waals surface area (Å²) < 4.78 is 12.1. The van der Waals surface area contributed by atoms with Gasteiger partial charge in [0.05, 0.1) is 10.7 Å². The number of phenols is 1. The molecule has 0 spiro atoms. The predicted molar refractivity (Wildman–Crippen MR) is 113 cm³/mol. The molecular weight excluding hydrogens is 457 g/mol. The summed E-state index contributed by atoms with van der Waals surface area (Å²) in [5, 5.41) is 12.1. The van der Waals surface area contributed by atoms with Crippen LogP contribution in [0.15, 0.2) is 66.7 Å². The van der Waals surface area contributed by atoms with Gasteiger partial charge in [0.25, 0.3) is 5.91 Å².